The van der Waals surface area contributed by atoms with Gasteiger partial charge in [0.05, 0.1) is 18.0 Å². The fourth-order valence-electron chi connectivity index (χ4n) is 3.56. The van der Waals surface area contributed by atoms with Crippen LogP contribution in [0.4, 0.5) is 0 Å². The van der Waals surface area contributed by atoms with Gasteiger partial charge in [-0.1, -0.05) is 53.7 Å². The van der Waals surface area contributed by atoms with Gasteiger partial charge in [0.2, 0.25) is 5.91 Å². The Kier molecular flexibility index (Phi) is 6.41. The molecule has 2 unspecified atom stereocenters. The molecule has 30 heavy (non-hydrogen) atoms. The van der Waals surface area contributed by atoms with Crippen molar-refractivity contribution in [2.45, 2.75) is 31.2 Å². The smallest absolute Gasteiger partial charge is 0.233 e. The van der Waals surface area contributed by atoms with Crippen LogP contribution in [-0.4, -0.2) is 56.6 Å². The van der Waals surface area contributed by atoms with Crippen LogP contribution in [0.25, 0.3) is 17.1 Å². The van der Waals surface area contributed by atoms with Gasteiger partial charge in [0.15, 0.2) is 11.0 Å². The summed E-state index contributed by atoms with van der Waals surface area (Å²) < 4.78 is 7.70. The number of carbonyl (C=O) groups excluding carboxylic acids is 1. The van der Waals surface area contributed by atoms with Crippen molar-refractivity contribution in [3.05, 3.63) is 59.6 Å². The van der Waals surface area contributed by atoms with E-state index in [9.17, 15) is 4.79 Å². The number of morpholine rings is 1. The standard InChI is InChI=1S/C22H23ClN4O2S/c1-15-12-26(13-16(2)29-15)20(28)14-30-22-25-24-21(17-6-4-3-5-7-17)27(22)19-10-8-18(23)9-11-19/h3-11,15-16H,12-14H2,1-2H3. The molecule has 1 saturated heterocycles. The minimum Gasteiger partial charge on any atom is -0.372 e. The molecular weight excluding hydrogens is 420 g/mol. The van der Waals surface area contributed by atoms with E-state index in [1.54, 1.807) is 0 Å². The summed E-state index contributed by atoms with van der Waals surface area (Å²) in [5, 5.41) is 10.1. The number of hydrogen-bond acceptors (Lipinski definition) is 5. The van der Waals surface area contributed by atoms with E-state index in [0.717, 1.165) is 17.1 Å². The highest BCUT2D eigenvalue weighted by atomic mass is 35.5. The number of thioether (sulfide) groups is 1. The Bertz CT molecular complexity index is 1000. The van der Waals surface area contributed by atoms with Crippen LogP contribution in [0.3, 0.4) is 0 Å². The molecule has 0 radical (unpaired) electrons. The Hall–Kier alpha value is -2.35. The second-order valence-corrected chi connectivity index (χ2v) is 8.71. The average molecular weight is 443 g/mol. The topological polar surface area (TPSA) is 60.2 Å². The summed E-state index contributed by atoms with van der Waals surface area (Å²) in [4.78, 5) is 14.7. The predicted molar refractivity (Wildman–Crippen MR) is 119 cm³/mol. The van der Waals surface area contributed by atoms with Gasteiger partial charge in [0, 0.05) is 29.4 Å². The van der Waals surface area contributed by atoms with E-state index >= 15 is 0 Å². The first-order valence-corrected chi connectivity index (χ1v) is 11.2. The van der Waals surface area contributed by atoms with Crippen molar-refractivity contribution in [2.24, 2.45) is 0 Å². The lowest BCUT2D eigenvalue weighted by Crippen LogP contribution is -2.48. The second kappa shape index (κ2) is 9.20. The van der Waals surface area contributed by atoms with Crippen LogP contribution in [0.2, 0.25) is 5.02 Å². The van der Waals surface area contributed by atoms with Crippen LogP contribution in [0.1, 0.15) is 13.8 Å². The van der Waals surface area contributed by atoms with Crippen LogP contribution in [0, 0.1) is 0 Å². The van der Waals surface area contributed by atoms with E-state index in [1.165, 1.54) is 11.8 Å². The Morgan fingerprint density at radius 3 is 2.40 bits per heavy atom. The maximum absolute atomic E-state index is 12.8. The predicted octanol–water partition coefficient (Wildman–Crippen LogP) is 4.32. The van der Waals surface area contributed by atoms with Crippen molar-refractivity contribution in [1.29, 1.82) is 0 Å². The molecule has 6 nitrogen and oxygen atoms in total. The lowest BCUT2D eigenvalue weighted by atomic mass is 10.2. The summed E-state index contributed by atoms with van der Waals surface area (Å²) >= 11 is 7.47. The highest BCUT2D eigenvalue weighted by Gasteiger charge is 2.26. The summed E-state index contributed by atoms with van der Waals surface area (Å²) in [6, 6.07) is 17.4. The first kappa shape index (κ1) is 20.9. The van der Waals surface area contributed by atoms with Gasteiger partial charge < -0.3 is 9.64 Å². The molecule has 1 aromatic heterocycles. The maximum atomic E-state index is 12.8. The number of amides is 1. The zero-order chi connectivity index (χ0) is 21.1. The first-order chi connectivity index (χ1) is 14.5. The molecular formula is C22H23ClN4O2S. The highest BCUT2D eigenvalue weighted by Crippen LogP contribution is 2.29. The molecule has 2 atom stereocenters. The molecule has 1 aliphatic rings. The van der Waals surface area contributed by atoms with E-state index in [1.807, 2.05) is 77.9 Å². The second-order valence-electron chi connectivity index (χ2n) is 7.33. The summed E-state index contributed by atoms with van der Waals surface area (Å²) in [6.45, 7) is 5.21. The van der Waals surface area contributed by atoms with Crippen molar-refractivity contribution < 1.29 is 9.53 Å². The number of carbonyl (C=O) groups is 1. The molecule has 0 saturated carbocycles. The third-order valence-corrected chi connectivity index (χ3v) is 6.01. The quantitative estimate of drug-likeness (QED) is 0.551. The van der Waals surface area contributed by atoms with Crippen molar-refractivity contribution >= 4 is 29.3 Å². The maximum Gasteiger partial charge on any atom is 0.233 e. The zero-order valence-electron chi connectivity index (χ0n) is 16.9. The molecule has 1 fully saturated rings. The van der Waals surface area contributed by atoms with Gasteiger partial charge in [-0.2, -0.15) is 0 Å². The van der Waals surface area contributed by atoms with Crippen LogP contribution in [0.15, 0.2) is 59.8 Å². The fraction of sp³-hybridized carbons (Fsp3) is 0.318. The highest BCUT2D eigenvalue weighted by molar-refractivity contribution is 7.99. The molecule has 2 heterocycles. The molecule has 156 valence electrons. The van der Waals surface area contributed by atoms with E-state index in [4.69, 9.17) is 16.3 Å². The Morgan fingerprint density at radius 2 is 1.73 bits per heavy atom. The first-order valence-electron chi connectivity index (χ1n) is 9.84. The van der Waals surface area contributed by atoms with Gasteiger partial charge in [0.1, 0.15) is 0 Å². The number of ether oxygens (including phenoxy) is 1. The van der Waals surface area contributed by atoms with Crippen LogP contribution in [0.5, 0.6) is 0 Å². The number of aromatic nitrogens is 3. The molecule has 0 N–H and O–H groups in total. The number of hydrogen-bond donors (Lipinski definition) is 0. The number of rotatable bonds is 5. The van der Waals surface area contributed by atoms with E-state index in [0.29, 0.717) is 29.0 Å². The molecule has 1 aliphatic heterocycles. The molecule has 0 aliphatic carbocycles. The lowest BCUT2D eigenvalue weighted by molar-refractivity contribution is -0.140. The normalized spacial score (nSPS) is 19.1. The largest absolute Gasteiger partial charge is 0.372 e. The molecule has 4 rings (SSSR count). The monoisotopic (exact) mass is 442 g/mol. The minimum absolute atomic E-state index is 0.0464. The number of benzene rings is 2. The third-order valence-electron chi connectivity index (χ3n) is 4.85. The SMILES string of the molecule is CC1CN(C(=O)CSc2nnc(-c3ccccc3)n2-c2ccc(Cl)cc2)CC(C)O1. The van der Waals surface area contributed by atoms with Gasteiger partial charge in [0.25, 0.3) is 0 Å². The Labute approximate surface area is 185 Å². The van der Waals surface area contributed by atoms with Crippen LogP contribution in [-0.2, 0) is 9.53 Å². The minimum atomic E-state index is 0.0464. The number of halogens is 1. The van der Waals surface area contributed by atoms with Gasteiger partial charge >= 0.3 is 0 Å². The molecule has 2 aromatic carbocycles. The zero-order valence-corrected chi connectivity index (χ0v) is 18.4. The van der Waals surface area contributed by atoms with Gasteiger partial charge in [-0.3, -0.25) is 9.36 Å². The van der Waals surface area contributed by atoms with Crippen molar-refractivity contribution in [1.82, 2.24) is 19.7 Å². The van der Waals surface area contributed by atoms with Gasteiger partial charge in [-0.15, -0.1) is 10.2 Å². The average Bonchev–Trinajstić information content (AvgIpc) is 3.16. The summed E-state index contributed by atoms with van der Waals surface area (Å²) in [6.07, 6.45) is 0.0928. The van der Waals surface area contributed by atoms with Gasteiger partial charge in [-0.25, -0.2) is 0 Å². The summed E-state index contributed by atoms with van der Waals surface area (Å²) in [5.74, 6) is 1.09. The van der Waals surface area contributed by atoms with Crippen LogP contribution >= 0.6 is 23.4 Å². The Morgan fingerprint density at radius 1 is 1.07 bits per heavy atom. The molecule has 0 spiro atoms. The molecule has 8 heteroatoms. The molecule has 0 bridgehead atoms. The third kappa shape index (κ3) is 4.69. The Balaban J connectivity index is 1.59. The van der Waals surface area contributed by atoms with E-state index in [2.05, 4.69) is 10.2 Å². The van der Waals surface area contributed by atoms with E-state index in [-0.39, 0.29) is 18.1 Å². The van der Waals surface area contributed by atoms with Crippen LogP contribution < -0.4 is 0 Å². The van der Waals surface area contributed by atoms with Crippen molar-refractivity contribution in [3.8, 4) is 17.1 Å². The summed E-state index contributed by atoms with van der Waals surface area (Å²) in [7, 11) is 0. The molecule has 3 aromatic rings. The molecule has 1 amide bonds. The lowest BCUT2D eigenvalue weighted by Gasteiger charge is -2.35. The van der Waals surface area contributed by atoms with Crippen molar-refractivity contribution in [3.63, 3.8) is 0 Å². The van der Waals surface area contributed by atoms with Gasteiger partial charge in [-0.05, 0) is 38.1 Å². The summed E-state index contributed by atoms with van der Waals surface area (Å²) in [5.41, 5.74) is 1.85. The van der Waals surface area contributed by atoms with Crippen molar-refractivity contribution in [2.75, 3.05) is 18.8 Å². The number of nitrogens with zero attached hydrogens (tertiary/aromatic N) is 4. The fourth-order valence-corrected chi connectivity index (χ4v) is 4.54. The van der Waals surface area contributed by atoms with E-state index < -0.39 is 0 Å².